The van der Waals surface area contributed by atoms with Crippen LogP contribution < -0.4 is 23.1 Å². The average molecular weight is 164 g/mol. The molecule has 0 atom stereocenters. The summed E-state index contributed by atoms with van der Waals surface area (Å²) >= 11 is 0. The van der Waals surface area contributed by atoms with Gasteiger partial charge in [0.1, 0.15) is 0 Å². The van der Waals surface area contributed by atoms with Crippen molar-refractivity contribution in [2.24, 2.45) is 11.5 Å². The molecule has 0 aliphatic carbocycles. The normalized spacial score (nSPS) is 8.55. The number of rotatable bonds is 5. The summed E-state index contributed by atoms with van der Waals surface area (Å²) in [5, 5.41) is 0. The number of carbonyl (C=O) groups is 1. The molecule has 0 bridgehead atoms. The van der Waals surface area contributed by atoms with Crippen molar-refractivity contribution in [3.8, 4) is 0 Å². The second-order valence-corrected chi connectivity index (χ2v) is 1.70. The highest BCUT2D eigenvalue weighted by molar-refractivity contribution is 5.69. The van der Waals surface area contributed by atoms with Crippen LogP contribution in [0.4, 0.5) is 0 Å². The molecule has 0 spiro atoms. The Morgan fingerprint density at radius 2 is 2.00 bits per heavy atom. The molecule has 0 amide bonds. The number of hydrogen-bond donors (Lipinski definition) is 4. The number of hydroxylamine groups is 1. The molecule has 0 aromatic heterocycles. The number of nitrogens with two attached hydrogens (primary N) is 2. The van der Waals surface area contributed by atoms with Crippen molar-refractivity contribution < 1.29 is 9.63 Å². The van der Waals surface area contributed by atoms with Crippen LogP contribution in [-0.2, 0) is 9.63 Å². The zero-order valence-electron chi connectivity index (χ0n) is 6.51. The fraction of sp³-hybridized carbons (Fsp3) is 0.800. The first-order valence-corrected chi connectivity index (χ1v) is 3.14. The van der Waals surface area contributed by atoms with E-state index in [0.717, 1.165) is 0 Å². The van der Waals surface area contributed by atoms with Crippen LogP contribution in [0.3, 0.4) is 0 Å². The Labute approximate surface area is 65.8 Å². The van der Waals surface area contributed by atoms with Crippen LogP contribution in [0.5, 0.6) is 0 Å². The van der Waals surface area contributed by atoms with Gasteiger partial charge >= 0.3 is 5.97 Å². The van der Waals surface area contributed by atoms with Crippen LogP contribution in [0.2, 0.25) is 0 Å². The Morgan fingerprint density at radius 3 is 2.45 bits per heavy atom. The Kier molecular flexibility index (Phi) is 11.0. The van der Waals surface area contributed by atoms with E-state index in [-0.39, 0.29) is 18.5 Å². The van der Waals surface area contributed by atoms with Gasteiger partial charge in [-0.15, -0.1) is 0 Å². The summed E-state index contributed by atoms with van der Waals surface area (Å²) in [5.74, 6) is -0.351. The summed E-state index contributed by atoms with van der Waals surface area (Å²) in [6, 6.07) is 0. The standard InChI is InChI=1S/C5H13N3O2.H3N/c6-2-1-5(9)10-8-4-3-7;/h8H,1-4,6-7H2;1H3. The Bertz CT molecular complexity index is 98.5. The number of nitrogens with one attached hydrogen (secondary N) is 1. The molecule has 0 heterocycles. The molecule has 0 unspecified atom stereocenters. The molecule has 68 valence electrons. The lowest BCUT2D eigenvalue weighted by molar-refractivity contribution is -0.150. The minimum Gasteiger partial charge on any atom is -0.371 e. The van der Waals surface area contributed by atoms with Crippen LogP contribution in [0.15, 0.2) is 0 Å². The second kappa shape index (κ2) is 9.31. The van der Waals surface area contributed by atoms with Gasteiger partial charge in [-0.1, -0.05) is 0 Å². The summed E-state index contributed by atoms with van der Waals surface area (Å²) < 4.78 is 0. The molecule has 6 nitrogen and oxygen atoms in total. The summed E-state index contributed by atoms with van der Waals surface area (Å²) in [7, 11) is 0. The maximum absolute atomic E-state index is 10.5. The van der Waals surface area contributed by atoms with Crippen molar-refractivity contribution in [2.45, 2.75) is 6.42 Å². The molecule has 0 radical (unpaired) electrons. The summed E-state index contributed by atoms with van der Waals surface area (Å²) in [5.41, 5.74) is 12.6. The fourth-order valence-corrected chi connectivity index (χ4v) is 0.359. The molecule has 0 fully saturated rings. The van der Waals surface area contributed by atoms with Gasteiger partial charge in [0.25, 0.3) is 0 Å². The smallest absolute Gasteiger partial charge is 0.326 e. The third-order valence-corrected chi connectivity index (χ3v) is 0.781. The van der Waals surface area contributed by atoms with Crippen LogP contribution in [0.25, 0.3) is 0 Å². The van der Waals surface area contributed by atoms with Gasteiger partial charge < -0.3 is 22.5 Å². The molecular formula is C5H16N4O2. The Morgan fingerprint density at radius 1 is 1.36 bits per heavy atom. The monoisotopic (exact) mass is 164 g/mol. The van der Waals surface area contributed by atoms with Crippen molar-refractivity contribution in [1.29, 1.82) is 0 Å². The molecule has 11 heavy (non-hydrogen) atoms. The van der Waals surface area contributed by atoms with Crippen molar-refractivity contribution in [3.63, 3.8) is 0 Å². The quantitative estimate of drug-likeness (QED) is 0.289. The van der Waals surface area contributed by atoms with Gasteiger partial charge in [-0.2, -0.15) is 5.48 Å². The largest absolute Gasteiger partial charge is 0.371 e. The lowest BCUT2D eigenvalue weighted by Gasteiger charge is -2.01. The number of carbonyl (C=O) groups excluding carboxylic acids is 1. The molecule has 0 aromatic rings. The lowest BCUT2D eigenvalue weighted by Crippen LogP contribution is -2.26. The first kappa shape index (κ1) is 12.9. The molecule has 0 rings (SSSR count). The minimum absolute atomic E-state index is 0. The zero-order chi connectivity index (χ0) is 7.82. The van der Waals surface area contributed by atoms with Gasteiger partial charge in [0, 0.05) is 19.6 Å². The van der Waals surface area contributed by atoms with Gasteiger partial charge in [-0.3, -0.25) is 4.79 Å². The Hall–Kier alpha value is -0.690. The average Bonchev–Trinajstić information content (AvgIpc) is 1.89. The van der Waals surface area contributed by atoms with Crippen LogP contribution in [0, 0.1) is 0 Å². The molecule has 0 aromatic carbocycles. The molecule has 0 aliphatic rings. The first-order chi connectivity index (χ1) is 4.81. The van der Waals surface area contributed by atoms with Crippen LogP contribution >= 0.6 is 0 Å². The van der Waals surface area contributed by atoms with Crippen molar-refractivity contribution in [2.75, 3.05) is 19.6 Å². The number of hydrogen-bond acceptors (Lipinski definition) is 6. The van der Waals surface area contributed by atoms with Gasteiger partial charge in [0.05, 0.1) is 6.42 Å². The van der Waals surface area contributed by atoms with Crippen LogP contribution in [0.1, 0.15) is 6.42 Å². The molecule has 0 aliphatic heterocycles. The maximum atomic E-state index is 10.5. The van der Waals surface area contributed by atoms with E-state index in [1.54, 1.807) is 0 Å². The van der Waals surface area contributed by atoms with E-state index in [2.05, 4.69) is 10.3 Å². The second-order valence-electron chi connectivity index (χ2n) is 1.70. The predicted molar refractivity (Wildman–Crippen MR) is 41.8 cm³/mol. The fourth-order valence-electron chi connectivity index (χ4n) is 0.359. The topological polar surface area (TPSA) is 125 Å². The summed E-state index contributed by atoms with van der Waals surface area (Å²) in [6.45, 7) is 1.22. The highest BCUT2D eigenvalue weighted by atomic mass is 16.7. The molecule has 0 saturated carbocycles. The van der Waals surface area contributed by atoms with E-state index >= 15 is 0 Å². The van der Waals surface area contributed by atoms with E-state index in [1.807, 2.05) is 0 Å². The van der Waals surface area contributed by atoms with E-state index in [4.69, 9.17) is 11.5 Å². The van der Waals surface area contributed by atoms with Gasteiger partial charge in [-0.25, -0.2) is 0 Å². The maximum Gasteiger partial charge on any atom is 0.326 e. The summed E-state index contributed by atoms with van der Waals surface area (Å²) in [4.78, 5) is 15.0. The molecular weight excluding hydrogens is 148 g/mol. The van der Waals surface area contributed by atoms with Crippen LogP contribution in [-0.4, -0.2) is 25.6 Å². The SMILES string of the molecule is N.NCCNOC(=O)CCN. The van der Waals surface area contributed by atoms with Crippen molar-refractivity contribution in [1.82, 2.24) is 11.6 Å². The van der Waals surface area contributed by atoms with E-state index in [9.17, 15) is 4.79 Å². The Balaban J connectivity index is 0. The molecule has 8 N–H and O–H groups in total. The highest BCUT2D eigenvalue weighted by Crippen LogP contribution is 1.77. The highest BCUT2D eigenvalue weighted by Gasteiger charge is 1.98. The third-order valence-electron chi connectivity index (χ3n) is 0.781. The zero-order valence-corrected chi connectivity index (χ0v) is 6.51. The minimum atomic E-state index is -0.351. The molecule has 6 heteroatoms. The van der Waals surface area contributed by atoms with E-state index in [0.29, 0.717) is 19.6 Å². The summed E-state index contributed by atoms with van der Waals surface area (Å²) in [6.07, 6.45) is 0.234. The third kappa shape index (κ3) is 9.31. The predicted octanol–water partition coefficient (Wildman–Crippen LogP) is -1.50. The van der Waals surface area contributed by atoms with Crippen molar-refractivity contribution >= 4 is 5.97 Å². The molecule has 0 saturated heterocycles. The van der Waals surface area contributed by atoms with Gasteiger partial charge in [0.15, 0.2) is 0 Å². The van der Waals surface area contributed by atoms with Crippen molar-refractivity contribution in [3.05, 3.63) is 0 Å². The van der Waals surface area contributed by atoms with Gasteiger partial charge in [-0.05, 0) is 0 Å². The first-order valence-electron chi connectivity index (χ1n) is 3.14. The lowest BCUT2D eigenvalue weighted by atomic mass is 10.4. The van der Waals surface area contributed by atoms with E-state index < -0.39 is 0 Å². The van der Waals surface area contributed by atoms with E-state index in [1.165, 1.54) is 0 Å². The van der Waals surface area contributed by atoms with Gasteiger partial charge in [0.2, 0.25) is 0 Å².